The molecule has 0 saturated carbocycles. The Bertz CT molecular complexity index is 666. The Morgan fingerprint density at radius 1 is 1.20 bits per heavy atom. The Kier molecular flexibility index (Phi) is 4.16. The molecule has 2 N–H and O–H groups in total. The number of phenolic OH excluding ortho intramolecular Hbond substituents is 1. The molecule has 0 atom stereocenters. The van der Waals surface area contributed by atoms with E-state index in [0.29, 0.717) is 0 Å². The van der Waals surface area contributed by atoms with Gasteiger partial charge < -0.3 is 10.4 Å². The van der Waals surface area contributed by atoms with E-state index in [1.807, 2.05) is 0 Å². The van der Waals surface area contributed by atoms with E-state index >= 15 is 0 Å². The zero-order valence-corrected chi connectivity index (χ0v) is 11.9. The highest BCUT2D eigenvalue weighted by molar-refractivity contribution is 6.37. The Morgan fingerprint density at radius 3 is 2.35 bits per heavy atom. The summed E-state index contributed by atoms with van der Waals surface area (Å²) < 4.78 is 13.7. The first-order chi connectivity index (χ1) is 9.38. The lowest BCUT2D eigenvalue weighted by Crippen LogP contribution is -2.13. The number of rotatable bonds is 2. The third-order valence-corrected chi connectivity index (χ3v) is 3.22. The molecule has 2 aromatic rings. The van der Waals surface area contributed by atoms with Gasteiger partial charge in [-0.15, -0.1) is 0 Å². The van der Waals surface area contributed by atoms with E-state index in [4.69, 9.17) is 23.2 Å². The van der Waals surface area contributed by atoms with Crippen LogP contribution in [0.4, 0.5) is 10.1 Å². The van der Waals surface area contributed by atoms with Crippen molar-refractivity contribution >= 4 is 34.8 Å². The molecule has 0 saturated heterocycles. The molecule has 0 aromatic heterocycles. The predicted octanol–water partition coefficient (Wildman–Crippen LogP) is 4.40. The van der Waals surface area contributed by atoms with Crippen molar-refractivity contribution in [3.05, 3.63) is 57.3 Å². The maximum Gasteiger partial charge on any atom is 0.258 e. The molecule has 0 unspecified atom stereocenters. The van der Waals surface area contributed by atoms with Crippen LogP contribution in [0.3, 0.4) is 0 Å². The fraction of sp³-hybridized carbons (Fsp3) is 0.0714. The molecule has 3 nitrogen and oxygen atoms in total. The number of phenols is 1. The molecule has 0 radical (unpaired) electrons. The van der Waals surface area contributed by atoms with Gasteiger partial charge in [0.25, 0.3) is 5.91 Å². The fourth-order valence-corrected chi connectivity index (χ4v) is 2.13. The summed E-state index contributed by atoms with van der Waals surface area (Å²) in [5.74, 6) is -1.51. The number of anilines is 1. The molecule has 0 fully saturated rings. The summed E-state index contributed by atoms with van der Waals surface area (Å²) in [6.45, 7) is 1.73. The van der Waals surface area contributed by atoms with Crippen molar-refractivity contribution in [2.45, 2.75) is 6.92 Å². The minimum absolute atomic E-state index is 0.00261. The van der Waals surface area contributed by atoms with Crippen LogP contribution in [0.1, 0.15) is 15.9 Å². The van der Waals surface area contributed by atoms with Gasteiger partial charge in [-0.3, -0.25) is 4.79 Å². The number of halogens is 3. The molecule has 0 aliphatic heterocycles. The van der Waals surface area contributed by atoms with E-state index < -0.39 is 11.7 Å². The number of carbonyl (C=O) groups is 1. The van der Waals surface area contributed by atoms with E-state index in [2.05, 4.69) is 5.32 Å². The Morgan fingerprint density at radius 2 is 1.80 bits per heavy atom. The Labute approximate surface area is 124 Å². The molecule has 6 heteroatoms. The predicted molar refractivity (Wildman–Crippen MR) is 77.2 cm³/mol. The summed E-state index contributed by atoms with van der Waals surface area (Å²) in [5.41, 5.74) is 0.897. The lowest BCUT2D eigenvalue weighted by molar-refractivity contribution is 0.102. The van der Waals surface area contributed by atoms with Gasteiger partial charge in [0.15, 0.2) is 5.75 Å². The molecule has 1 amide bonds. The molecule has 0 heterocycles. The molecule has 104 valence electrons. The minimum atomic E-state index is -0.625. The van der Waals surface area contributed by atoms with Crippen LogP contribution in [-0.2, 0) is 0 Å². The van der Waals surface area contributed by atoms with Gasteiger partial charge in [0.1, 0.15) is 5.82 Å². The highest BCUT2D eigenvalue weighted by atomic mass is 35.5. The van der Waals surface area contributed by atoms with Gasteiger partial charge >= 0.3 is 0 Å². The summed E-state index contributed by atoms with van der Waals surface area (Å²) in [6.07, 6.45) is 0. The second-order valence-corrected chi connectivity index (χ2v) is 5.04. The van der Waals surface area contributed by atoms with Crippen molar-refractivity contribution in [2.24, 2.45) is 0 Å². The van der Waals surface area contributed by atoms with Crippen LogP contribution < -0.4 is 5.32 Å². The van der Waals surface area contributed by atoms with Gasteiger partial charge in [0.2, 0.25) is 0 Å². The molecular weight excluding hydrogens is 304 g/mol. The van der Waals surface area contributed by atoms with E-state index in [0.717, 1.165) is 5.56 Å². The van der Waals surface area contributed by atoms with E-state index in [1.54, 1.807) is 13.0 Å². The molecule has 2 rings (SSSR count). The van der Waals surface area contributed by atoms with Gasteiger partial charge in [-0.2, -0.15) is 0 Å². The zero-order valence-electron chi connectivity index (χ0n) is 10.4. The van der Waals surface area contributed by atoms with Crippen LogP contribution in [0.5, 0.6) is 5.75 Å². The SMILES string of the molecule is Cc1ccc(C(=O)Nc2cc(Cl)c(O)c(Cl)c2)c(F)c1. The summed E-state index contributed by atoms with van der Waals surface area (Å²) >= 11 is 11.5. The largest absolute Gasteiger partial charge is 0.505 e. The lowest BCUT2D eigenvalue weighted by Gasteiger charge is -2.09. The van der Waals surface area contributed by atoms with Gasteiger partial charge in [0, 0.05) is 5.69 Å². The summed E-state index contributed by atoms with van der Waals surface area (Å²) in [7, 11) is 0. The summed E-state index contributed by atoms with van der Waals surface area (Å²) in [6, 6.07) is 6.95. The highest BCUT2D eigenvalue weighted by Crippen LogP contribution is 2.34. The van der Waals surface area contributed by atoms with E-state index in [9.17, 15) is 14.3 Å². The van der Waals surface area contributed by atoms with Crippen LogP contribution in [0.15, 0.2) is 30.3 Å². The number of hydrogen-bond donors (Lipinski definition) is 2. The molecule has 0 aliphatic rings. The first-order valence-corrected chi connectivity index (χ1v) is 6.39. The smallest absolute Gasteiger partial charge is 0.258 e. The highest BCUT2D eigenvalue weighted by Gasteiger charge is 2.14. The van der Waals surface area contributed by atoms with E-state index in [-0.39, 0.29) is 27.0 Å². The van der Waals surface area contributed by atoms with Crippen LogP contribution >= 0.6 is 23.2 Å². The van der Waals surface area contributed by atoms with Crippen molar-refractivity contribution < 1.29 is 14.3 Å². The number of aryl methyl sites for hydroxylation is 1. The molecule has 0 aliphatic carbocycles. The van der Waals surface area contributed by atoms with Crippen LogP contribution in [0.25, 0.3) is 0 Å². The average molecular weight is 314 g/mol. The first kappa shape index (κ1) is 14.6. The van der Waals surface area contributed by atoms with Crippen LogP contribution in [-0.4, -0.2) is 11.0 Å². The number of aromatic hydroxyl groups is 1. The lowest BCUT2D eigenvalue weighted by atomic mass is 10.1. The molecule has 0 bridgehead atoms. The summed E-state index contributed by atoms with van der Waals surface area (Å²) in [5, 5.41) is 11.9. The molecular formula is C14H10Cl2FNO2. The van der Waals surface area contributed by atoms with E-state index in [1.165, 1.54) is 24.3 Å². The van der Waals surface area contributed by atoms with Gasteiger partial charge in [0.05, 0.1) is 15.6 Å². The Balaban J connectivity index is 2.28. The second kappa shape index (κ2) is 5.69. The number of carbonyl (C=O) groups excluding carboxylic acids is 1. The van der Waals surface area contributed by atoms with Crippen molar-refractivity contribution in [3.8, 4) is 5.75 Å². The quantitative estimate of drug-likeness (QED) is 0.807. The standard InChI is InChI=1S/C14H10Cl2FNO2/c1-7-2-3-9(12(17)4-7)14(20)18-8-5-10(15)13(19)11(16)6-8/h2-6,19H,1H3,(H,18,20). The maximum absolute atomic E-state index is 13.7. The van der Waals surface area contributed by atoms with Gasteiger partial charge in [-0.05, 0) is 36.8 Å². The number of nitrogens with one attached hydrogen (secondary N) is 1. The van der Waals surface area contributed by atoms with Crippen LogP contribution in [0, 0.1) is 12.7 Å². The third kappa shape index (κ3) is 3.03. The average Bonchev–Trinajstić information content (AvgIpc) is 2.35. The van der Waals surface area contributed by atoms with Crippen molar-refractivity contribution in [1.29, 1.82) is 0 Å². The zero-order chi connectivity index (χ0) is 14.9. The molecule has 0 spiro atoms. The van der Waals surface area contributed by atoms with Crippen molar-refractivity contribution in [1.82, 2.24) is 0 Å². The van der Waals surface area contributed by atoms with Crippen molar-refractivity contribution in [3.63, 3.8) is 0 Å². The molecule has 2 aromatic carbocycles. The van der Waals surface area contributed by atoms with Gasteiger partial charge in [-0.1, -0.05) is 29.3 Å². The second-order valence-electron chi connectivity index (χ2n) is 4.23. The maximum atomic E-state index is 13.7. The van der Waals surface area contributed by atoms with Gasteiger partial charge in [-0.25, -0.2) is 4.39 Å². The molecule has 20 heavy (non-hydrogen) atoms. The summed E-state index contributed by atoms with van der Waals surface area (Å²) in [4.78, 5) is 12.0. The number of hydrogen-bond acceptors (Lipinski definition) is 2. The fourth-order valence-electron chi connectivity index (χ4n) is 1.64. The van der Waals surface area contributed by atoms with Crippen molar-refractivity contribution in [2.75, 3.05) is 5.32 Å². The third-order valence-electron chi connectivity index (χ3n) is 2.64. The minimum Gasteiger partial charge on any atom is -0.505 e. The number of amides is 1. The normalized spacial score (nSPS) is 10.4. The Hall–Kier alpha value is -1.78. The first-order valence-electron chi connectivity index (χ1n) is 5.64. The van der Waals surface area contributed by atoms with Crippen LogP contribution in [0.2, 0.25) is 10.0 Å². The number of benzene rings is 2. The monoisotopic (exact) mass is 313 g/mol. The topological polar surface area (TPSA) is 49.3 Å².